The van der Waals surface area contributed by atoms with E-state index < -0.39 is 0 Å². The molecule has 1 aromatic carbocycles. The lowest BCUT2D eigenvalue weighted by Crippen LogP contribution is -2.34. The van der Waals surface area contributed by atoms with Crippen LogP contribution in [0, 0.1) is 11.3 Å². The van der Waals surface area contributed by atoms with E-state index in [1.165, 1.54) is 7.11 Å². The number of rotatable bonds is 11. The number of nitrogens with one attached hydrogen (secondary N) is 1. The molecule has 0 saturated heterocycles. The quantitative estimate of drug-likeness (QED) is 0.628. The third-order valence-electron chi connectivity index (χ3n) is 3.74. The average Bonchev–Trinajstić information content (AvgIpc) is 2.62. The number of hydrogen-bond acceptors (Lipinski definition) is 5. The summed E-state index contributed by atoms with van der Waals surface area (Å²) in [6.07, 6.45) is 1.05. The summed E-state index contributed by atoms with van der Waals surface area (Å²) in [7, 11) is 1.53. The molecule has 6 nitrogen and oxygen atoms in total. The van der Waals surface area contributed by atoms with Gasteiger partial charge in [-0.15, -0.1) is 0 Å². The lowest BCUT2D eigenvalue weighted by atomic mass is 10.2. The molecule has 0 bridgehead atoms. The van der Waals surface area contributed by atoms with Crippen LogP contribution in [0.25, 0.3) is 0 Å². The summed E-state index contributed by atoms with van der Waals surface area (Å²) >= 11 is 0. The van der Waals surface area contributed by atoms with Gasteiger partial charge in [-0.05, 0) is 31.6 Å². The van der Waals surface area contributed by atoms with Crippen LogP contribution in [0.5, 0.6) is 11.5 Å². The lowest BCUT2D eigenvalue weighted by Gasteiger charge is -2.17. The smallest absolute Gasteiger partial charge is 0.220 e. The second-order valence-electron chi connectivity index (χ2n) is 5.31. The zero-order valence-corrected chi connectivity index (χ0v) is 14.8. The molecule has 132 valence electrons. The Balaban J connectivity index is 2.26. The van der Waals surface area contributed by atoms with E-state index >= 15 is 0 Å². The summed E-state index contributed by atoms with van der Waals surface area (Å²) in [5.41, 5.74) is 0.520. The van der Waals surface area contributed by atoms with Gasteiger partial charge in [0.25, 0.3) is 0 Å². The predicted molar refractivity (Wildman–Crippen MR) is 93.2 cm³/mol. The summed E-state index contributed by atoms with van der Waals surface area (Å²) in [5, 5.41) is 11.8. The van der Waals surface area contributed by atoms with Crippen molar-refractivity contribution >= 4 is 5.91 Å². The summed E-state index contributed by atoms with van der Waals surface area (Å²) < 4.78 is 10.8. The number of amides is 1. The van der Waals surface area contributed by atoms with Gasteiger partial charge in [-0.25, -0.2) is 0 Å². The number of nitrogens with zero attached hydrogens (tertiary/aromatic N) is 2. The number of carbonyl (C=O) groups excluding carboxylic acids is 1. The molecule has 0 saturated carbocycles. The molecule has 0 radical (unpaired) electrons. The van der Waals surface area contributed by atoms with Crippen molar-refractivity contribution in [3.63, 3.8) is 0 Å². The molecule has 1 amide bonds. The van der Waals surface area contributed by atoms with Gasteiger partial charge in [0.05, 0.1) is 25.3 Å². The highest BCUT2D eigenvalue weighted by Gasteiger charge is 2.07. The fourth-order valence-corrected chi connectivity index (χ4v) is 2.25. The van der Waals surface area contributed by atoms with Crippen molar-refractivity contribution in [1.29, 1.82) is 5.26 Å². The van der Waals surface area contributed by atoms with Gasteiger partial charge in [0, 0.05) is 25.6 Å². The van der Waals surface area contributed by atoms with E-state index in [9.17, 15) is 4.79 Å². The van der Waals surface area contributed by atoms with Gasteiger partial charge in [0.1, 0.15) is 0 Å². The predicted octanol–water partition coefficient (Wildman–Crippen LogP) is 2.18. The number of likely N-dealkylation sites (N-methyl/N-ethyl adjacent to an activating group) is 1. The second-order valence-corrected chi connectivity index (χ2v) is 5.31. The molecule has 0 heterocycles. The summed E-state index contributed by atoms with van der Waals surface area (Å²) in [4.78, 5) is 14.0. The molecule has 0 atom stereocenters. The Labute approximate surface area is 144 Å². The summed E-state index contributed by atoms with van der Waals surface area (Å²) in [6.45, 7) is 8.17. The van der Waals surface area contributed by atoms with Crippen molar-refractivity contribution in [1.82, 2.24) is 10.2 Å². The number of carbonyl (C=O) groups is 1. The summed E-state index contributed by atoms with van der Waals surface area (Å²) in [5.74, 6) is 1.15. The number of benzene rings is 1. The topological polar surface area (TPSA) is 74.6 Å². The molecule has 0 aliphatic rings. The third-order valence-corrected chi connectivity index (χ3v) is 3.74. The van der Waals surface area contributed by atoms with Gasteiger partial charge in [-0.3, -0.25) is 4.79 Å². The molecule has 6 heteroatoms. The standard InChI is InChI=1S/C18H27N3O3/c1-4-21(5-2)11-10-20-18(22)7-6-12-24-16-9-8-15(14-19)13-17(16)23-3/h8-9,13H,4-7,10-12H2,1-3H3,(H,20,22). The molecule has 24 heavy (non-hydrogen) atoms. The molecule has 0 aliphatic heterocycles. The number of nitriles is 1. The molecule has 1 N–H and O–H groups in total. The van der Waals surface area contributed by atoms with E-state index in [-0.39, 0.29) is 5.91 Å². The van der Waals surface area contributed by atoms with Crippen LogP contribution in [0.15, 0.2) is 18.2 Å². The van der Waals surface area contributed by atoms with E-state index in [0.717, 1.165) is 19.6 Å². The SMILES string of the molecule is CCN(CC)CCNC(=O)CCCOc1ccc(C#N)cc1OC. The molecule has 0 unspecified atom stereocenters. The van der Waals surface area contributed by atoms with E-state index in [0.29, 0.717) is 43.1 Å². The highest BCUT2D eigenvalue weighted by Crippen LogP contribution is 2.27. The van der Waals surface area contributed by atoms with Crippen molar-refractivity contribution in [2.24, 2.45) is 0 Å². The number of methoxy groups -OCH3 is 1. The average molecular weight is 333 g/mol. The molecular formula is C18H27N3O3. The normalized spacial score (nSPS) is 10.3. The maximum absolute atomic E-state index is 11.8. The first kappa shape index (κ1) is 19.8. The van der Waals surface area contributed by atoms with E-state index in [1.54, 1.807) is 18.2 Å². The Morgan fingerprint density at radius 3 is 2.67 bits per heavy atom. The zero-order chi connectivity index (χ0) is 17.8. The van der Waals surface area contributed by atoms with Crippen LogP contribution in [0.1, 0.15) is 32.3 Å². The minimum Gasteiger partial charge on any atom is -0.493 e. The fourth-order valence-electron chi connectivity index (χ4n) is 2.25. The minimum absolute atomic E-state index is 0.0394. The van der Waals surface area contributed by atoms with Gasteiger partial charge in [0.15, 0.2) is 11.5 Å². The first-order chi connectivity index (χ1) is 11.6. The third kappa shape index (κ3) is 6.88. The monoisotopic (exact) mass is 333 g/mol. The van der Waals surface area contributed by atoms with E-state index in [4.69, 9.17) is 14.7 Å². The first-order valence-corrected chi connectivity index (χ1v) is 8.34. The Morgan fingerprint density at radius 2 is 2.04 bits per heavy atom. The van der Waals surface area contributed by atoms with Crippen LogP contribution in [0.3, 0.4) is 0 Å². The Kier molecular flexibility index (Phi) is 9.32. The summed E-state index contributed by atoms with van der Waals surface area (Å²) in [6, 6.07) is 7.08. The molecular weight excluding hydrogens is 306 g/mol. The van der Waals surface area contributed by atoms with Crippen LogP contribution >= 0.6 is 0 Å². The zero-order valence-electron chi connectivity index (χ0n) is 14.8. The van der Waals surface area contributed by atoms with Gasteiger partial charge in [-0.1, -0.05) is 13.8 Å². The lowest BCUT2D eigenvalue weighted by molar-refractivity contribution is -0.121. The maximum atomic E-state index is 11.8. The van der Waals surface area contributed by atoms with Crippen molar-refractivity contribution in [3.8, 4) is 17.6 Å². The van der Waals surface area contributed by atoms with Gasteiger partial charge >= 0.3 is 0 Å². The second kappa shape index (κ2) is 11.3. The van der Waals surface area contributed by atoms with Crippen LogP contribution in [0.2, 0.25) is 0 Å². The first-order valence-electron chi connectivity index (χ1n) is 8.34. The van der Waals surface area contributed by atoms with Gasteiger partial charge in [0.2, 0.25) is 5.91 Å². The van der Waals surface area contributed by atoms with Crippen LogP contribution < -0.4 is 14.8 Å². The molecule has 0 spiro atoms. The van der Waals surface area contributed by atoms with Crippen molar-refractivity contribution in [2.75, 3.05) is 39.9 Å². The molecule has 1 aromatic rings. The highest BCUT2D eigenvalue weighted by atomic mass is 16.5. The molecule has 0 fully saturated rings. The number of ether oxygens (including phenoxy) is 2. The fraction of sp³-hybridized carbons (Fsp3) is 0.556. The molecule has 0 aromatic heterocycles. The van der Waals surface area contributed by atoms with Crippen molar-refractivity contribution < 1.29 is 14.3 Å². The van der Waals surface area contributed by atoms with Gasteiger partial charge in [-0.2, -0.15) is 5.26 Å². The Bertz CT molecular complexity index is 551. The van der Waals surface area contributed by atoms with Crippen molar-refractivity contribution in [2.45, 2.75) is 26.7 Å². The highest BCUT2D eigenvalue weighted by molar-refractivity contribution is 5.75. The Morgan fingerprint density at radius 1 is 1.29 bits per heavy atom. The largest absolute Gasteiger partial charge is 0.493 e. The minimum atomic E-state index is 0.0394. The van der Waals surface area contributed by atoms with E-state index in [1.807, 2.05) is 0 Å². The van der Waals surface area contributed by atoms with Crippen LogP contribution in [-0.4, -0.2) is 50.7 Å². The van der Waals surface area contributed by atoms with Crippen LogP contribution in [0.4, 0.5) is 0 Å². The van der Waals surface area contributed by atoms with E-state index in [2.05, 4.69) is 30.1 Å². The van der Waals surface area contributed by atoms with Gasteiger partial charge < -0.3 is 19.7 Å². The maximum Gasteiger partial charge on any atom is 0.220 e. The molecule has 0 aliphatic carbocycles. The Hall–Kier alpha value is -2.26. The number of hydrogen-bond donors (Lipinski definition) is 1. The van der Waals surface area contributed by atoms with Crippen molar-refractivity contribution in [3.05, 3.63) is 23.8 Å². The molecule has 1 rings (SSSR count). The van der Waals surface area contributed by atoms with Crippen LogP contribution in [-0.2, 0) is 4.79 Å².